The molecule has 0 saturated carbocycles. The molecule has 28 heavy (non-hydrogen) atoms. The molecule has 1 heterocycles. The van der Waals surface area contributed by atoms with E-state index in [2.05, 4.69) is 26.2 Å². The summed E-state index contributed by atoms with van der Waals surface area (Å²) >= 11 is 6.09. The van der Waals surface area contributed by atoms with Crippen molar-refractivity contribution in [3.63, 3.8) is 0 Å². The second-order valence-electron chi connectivity index (χ2n) is 6.43. The number of nitrogens with one attached hydrogen (secondary N) is 1. The zero-order valence-electron chi connectivity index (χ0n) is 16.0. The standard InChI is InChI=1S/C20H26ClN5O.HI/c1-27-19-7-5-17(6-8-19)24-20(22)23-9-10-25-11-13-26(14-12-25)18-4-2-3-16(21)15-18;/h2-8,15H,9-14H2,1H3,(H3,22,23,24);1H. The van der Waals surface area contributed by atoms with E-state index in [-0.39, 0.29) is 24.0 Å². The summed E-state index contributed by atoms with van der Waals surface area (Å²) in [6, 6.07) is 15.6. The first-order chi connectivity index (χ1) is 13.1. The molecular formula is C20H27ClIN5O. The summed E-state index contributed by atoms with van der Waals surface area (Å²) in [6.07, 6.45) is 0. The highest BCUT2D eigenvalue weighted by atomic mass is 127. The number of anilines is 2. The van der Waals surface area contributed by atoms with Gasteiger partial charge in [-0.15, -0.1) is 24.0 Å². The molecule has 2 aromatic carbocycles. The monoisotopic (exact) mass is 515 g/mol. The molecule has 8 heteroatoms. The van der Waals surface area contributed by atoms with Gasteiger partial charge in [0.15, 0.2) is 5.96 Å². The van der Waals surface area contributed by atoms with Gasteiger partial charge in [0.1, 0.15) is 5.75 Å². The maximum atomic E-state index is 6.09. The van der Waals surface area contributed by atoms with Crippen LogP contribution in [0, 0.1) is 0 Å². The normalized spacial score (nSPS) is 15.1. The number of rotatable bonds is 6. The van der Waals surface area contributed by atoms with Crippen molar-refractivity contribution in [2.24, 2.45) is 10.7 Å². The Morgan fingerprint density at radius 3 is 2.50 bits per heavy atom. The van der Waals surface area contributed by atoms with Crippen LogP contribution in [0.15, 0.2) is 53.5 Å². The molecule has 6 nitrogen and oxygen atoms in total. The van der Waals surface area contributed by atoms with Crippen molar-refractivity contribution in [3.05, 3.63) is 53.6 Å². The first-order valence-corrected chi connectivity index (χ1v) is 9.46. The first-order valence-electron chi connectivity index (χ1n) is 9.08. The maximum absolute atomic E-state index is 6.09. The van der Waals surface area contributed by atoms with Crippen LogP contribution >= 0.6 is 35.6 Å². The van der Waals surface area contributed by atoms with Crippen LogP contribution in [0.3, 0.4) is 0 Å². The Morgan fingerprint density at radius 2 is 1.86 bits per heavy atom. The van der Waals surface area contributed by atoms with Crippen molar-refractivity contribution in [1.29, 1.82) is 0 Å². The number of guanidine groups is 1. The molecule has 0 spiro atoms. The lowest BCUT2D eigenvalue weighted by Gasteiger charge is -2.35. The molecule has 3 rings (SSSR count). The average molecular weight is 516 g/mol. The first kappa shape index (κ1) is 22.6. The fraction of sp³-hybridized carbons (Fsp3) is 0.350. The molecule has 1 saturated heterocycles. The van der Waals surface area contributed by atoms with Gasteiger partial charge in [0.05, 0.1) is 13.7 Å². The number of halogens is 2. The zero-order chi connectivity index (χ0) is 19.1. The fourth-order valence-corrected chi connectivity index (χ4v) is 3.26. The molecule has 2 aromatic rings. The van der Waals surface area contributed by atoms with Gasteiger partial charge >= 0.3 is 0 Å². The van der Waals surface area contributed by atoms with Gasteiger partial charge in [0.25, 0.3) is 0 Å². The predicted molar refractivity (Wildman–Crippen MR) is 129 cm³/mol. The molecular weight excluding hydrogens is 489 g/mol. The largest absolute Gasteiger partial charge is 0.497 e. The number of ether oxygens (including phenoxy) is 1. The third-order valence-corrected chi connectivity index (χ3v) is 4.84. The van der Waals surface area contributed by atoms with Crippen molar-refractivity contribution in [2.75, 3.05) is 56.6 Å². The van der Waals surface area contributed by atoms with Gasteiger partial charge in [-0.2, -0.15) is 0 Å². The minimum atomic E-state index is 0. The molecule has 0 aliphatic carbocycles. The van der Waals surface area contributed by atoms with Crippen LogP contribution in [0.5, 0.6) is 5.75 Å². The van der Waals surface area contributed by atoms with Gasteiger partial charge in [-0.25, -0.2) is 0 Å². The summed E-state index contributed by atoms with van der Waals surface area (Å²) < 4.78 is 5.14. The Hall–Kier alpha value is -1.71. The topological polar surface area (TPSA) is 66.1 Å². The quantitative estimate of drug-likeness (QED) is 0.350. The van der Waals surface area contributed by atoms with Crippen LogP contribution in [-0.2, 0) is 0 Å². The number of benzene rings is 2. The van der Waals surface area contributed by atoms with E-state index in [9.17, 15) is 0 Å². The molecule has 152 valence electrons. The van der Waals surface area contributed by atoms with Gasteiger partial charge in [0.2, 0.25) is 0 Å². The van der Waals surface area contributed by atoms with Gasteiger partial charge in [-0.3, -0.25) is 9.89 Å². The van der Waals surface area contributed by atoms with E-state index in [0.717, 1.165) is 49.2 Å². The van der Waals surface area contributed by atoms with E-state index >= 15 is 0 Å². The summed E-state index contributed by atoms with van der Waals surface area (Å²) in [4.78, 5) is 9.20. The molecule has 0 radical (unpaired) electrons. The van der Waals surface area contributed by atoms with Crippen molar-refractivity contribution < 1.29 is 4.74 Å². The van der Waals surface area contributed by atoms with Gasteiger partial charge < -0.3 is 20.7 Å². The summed E-state index contributed by atoms with van der Waals surface area (Å²) in [6.45, 7) is 5.56. The van der Waals surface area contributed by atoms with Crippen LogP contribution < -0.4 is 20.7 Å². The third kappa shape index (κ3) is 6.72. The summed E-state index contributed by atoms with van der Waals surface area (Å²) in [7, 11) is 1.65. The van der Waals surface area contributed by atoms with Crippen molar-refractivity contribution in [1.82, 2.24) is 4.90 Å². The Bertz CT molecular complexity index is 763. The highest BCUT2D eigenvalue weighted by Gasteiger charge is 2.16. The van der Waals surface area contributed by atoms with E-state index in [0.29, 0.717) is 12.5 Å². The number of aliphatic imine (C=N–C) groups is 1. The highest BCUT2D eigenvalue weighted by Crippen LogP contribution is 2.20. The Balaban J connectivity index is 0.00000280. The summed E-state index contributed by atoms with van der Waals surface area (Å²) in [5.74, 6) is 1.24. The van der Waals surface area contributed by atoms with E-state index in [4.69, 9.17) is 22.1 Å². The minimum absolute atomic E-state index is 0. The third-order valence-electron chi connectivity index (χ3n) is 4.61. The molecule has 1 fully saturated rings. The zero-order valence-corrected chi connectivity index (χ0v) is 19.1. The van der Waals surface area contributed by atoms with Gasteiger partial charge in [-0.05, 0) is 42.5 Å². The number of hydrogen-bond acceptors (Lipinski definition) is 4. The van der Waals surface area contributed by atoms with Crippen LogP contribution in [0.4, 0.5) is 11.4 Å². The highest BCUT2D eigenvalue weighted by molar-refractivity contribution is 14.0. The lowest BCUT2D eigenvalue weighted by molar-refractivity contribution is 0.265. The number of hydrogen-bond donors (Lipinski definition) is 2. The second-order valence-corrected chi connectivity index (χ2v) is 6.87. The van der Waals surface area contributed by atoms with Gasteiger partial charge in [0, 0.05) is 49.1 Å². The molecule has 1 aliphatic rings. The van der Waals surface area contributed by atoms with Crippen LogP contribution in [-0.4, -0.2) is 57.2 Å². The average Bonchev–Trinajstić information content (AvgIpc) is 2.69. The number of nitrogens with two attached hydrogens (primary N) is 1. The Kier molecular flexibility index (Phi) is 9.14. The van der Waals surface area contributed by atoms with E-state index in [1.54, 1.807) is 7.11 Å². The number of nitrogens with zero attached hydrogens (tertiary/aromatic N) is 3. The van der Waals surface area contributed by atoms with Crippen molar-refractivity contribution in [3.8, 4) is 5.75 Å². The summed E-state index contributed by atoms with van der Waals surface area (Å²) in [5.41, 5.74) is 8.06. The molecule has 0 atom stereocenters. The predicted octanol–water partition coefficient (Wildman–Crippen LogP) is 3.52. The lowest BCUT2D eigenvalue weighted by atomic mass is 10.2. The van der Waals surface area contributed by atoms with Crippen LogP contribution in [0.2, 0.25) is 5.02 Å². The molecule has 0 amide bonds. The van der Waals surface area contributed by atoms with E-state index in [1.807, 2.05) is 42.5 Å². The van der Waals surface area contributed by atoms with Crippen molar-refractivity contribution in [2.45, 2.75) is 0 Å². The second kappa shape index (κ2) is 11.3. The molecule has 0 unspecified atom stereocenters. The molecule has 1 aliphatic heterocycles. The summed E-state index contributed by atoms with van der Waals surface area (Å²) in [5, 5.41) is 3.88. The number of methoxy groups -OCH3 is 1. The number of piperazine rings is 1. The van der Waals surface area contributed by atoms with Gasteiger partial charge in [-0.1, -0.05) is 17.7 Å². The molecule has 0 aromatic heterocycles. The van der Waals surface area contributed by atoms with E-state index < -0.39 is 0 Å². The minimum Gasteiger partial charge on any atom is -0.497 e. The molecule has 3 N–H and O–H groups in total. The van der Waals surface area contributed by atoms with Crippen LogP contribution in [0.25, 0.3) is 0 Å². The van der Waals surface area contributed by atoms with Crippen LogP contribution in [0.1, 0.15) is 0 Å². The smallest absolute Gasteiger partial charge is 0.193 e. The lowest BCUT2D eigenvalue weighted by Crippen LogP contribution is -2.47. The molecule has 0 bridgehead atoms. The SMILES string of the molecule is COc1ccc(NC(N)=NCCN2CCN(c3cccc(Cl)c3)CC2)cc1.I. The van der Waals surface area contributed by atoms with E-state index in [1.165, 1.54) is 5.69 Å². The Morgan fingerprint density at radius 1 is 1.14 bits per heavy atom. The Labute approximate surface area is 188 Å². The van der Waals surface area contributed by atoms with Crippen molar-refractivity contribution >= 4 is 52.9 Å². The fourth-order valence-electron chi connectivity index (χ4n) is 3.08. The maximum Gasteiger partial charge on any atom is 0.193 e.